The Morgan fingerprint density at radius 1 is 0.825 bits per heavy atom. The standard InChI is InChI=1S/C48H54N4O5/c1-30(2)51(37-26-40(27-37)57-39-14-17-43-35(25-39)29-52(48(43)56)44-18-19-45(54)49-47(44)55)28-31-20-22-50(23-21-31)36-11-8-33(9-12-36)46-41(32-6-4-3-5-7-32)15-10-34-24-38(53)13-16-42(34)46/h3-9,11-14,16-17,24-25,30-31,37,40-41,44,46,53H,10,15,18-23,26-29H2,1-2H3,(H,49,54,55)/t37?,40?,41-,44?,46+/m1/s1. The zero-order valence-electron chi connectivity index (χ0n) is 33.1. The molecular weight excluding hydrogens is 713 g/mol. The highest BCUT2D eigenvalue weighted by atomic mass is 16.5. The molecule has 9 heteroatoms. The summed E-state index contributed by atoms with van der Waals surface area (Å²) in [4.78, 5) is 44.1. The Bertz CT molecular complexity index is 2120. The Morgan fingerprint density at radius 3 is 2.33 bits per heavy atom. The third-order valence-corrected chi connectivity index (χ3v) is 13.5. The molecule has 3 amide bonds. The van der Waals surface area contributed by atoms with Crippen molar-refractivity contribution in [2.75, 3.05) is 24.5 Å². The Hall–Kier alpha value is -5.15. The number of anilines is 1. The molecule has 4 aromatic carbocycles. The lowest BCUT2D eigenvalue weighted by Crippen LogP contribution is -2.53. The molecule has 3 atom stereocenters. The van der Waals surface area contributed by atoms with Crippen molar-refractivity contribution in [3.05, 3.63) is 124 Å². The number of nitrogens with one attached hydrogen (secondary N) is 1. The summed E-state index contributed by atoms with van der Waals surface area (Å²) in [6.45, 7) is 8.21. The largest absolute Gasteiger partial charge is 0.508 e. The average molecular weight is 767 g/mol. The normalized spacial score (nSPS) is 25.0. The number of imide groups is 1. The quantitative estimate of drug-likeness (QED) is 0.161. The van der Waals surface area contributed by atoms with Crippen molar-refractivity contribution in [2.45, 2.75) is 108 Å². The van der Waals surface area contributed by atoms with Crippen LogP contribution in [0.2, 0.25) is 0 Å². The highest BCUT2D eigenvalue weighted by Gasteiger charge is 2.41. The van der Waals surface area contributed by atoms with Gasteiger partial charge in [-0.15, -0.1) is 0 Å². The molecule has 0 radical (unpaired) electrons. The molecule has 1 saturated carbocycles. The van der Waals surface area contributed by atoms with E-state index in [2.05, 4.69) is 89.6 Å². The highest BCUT2D eigenvalue weighted by Crippen LogP contribution is 2.47. The summed E-state index contributed by atoms with van der Waals surface area (Å²) in [6, 6.07) is 32.2. The van der Waals surface area contributed by atoms with Gasteiger partial charge in [-0.1, -0.05) is 48.5 Å². The summed E-state index contributed by atoms with van der Waals surface area (Å²) in [6.07, 6.45) is 7.11. The van der Waals surface area contributed by atoms with E-state index in [-0.39, 0.29) is 30.3 Å². The molecule has 9 rings (SSSR count). The van der Waals surface area contributed by atoms with Crippen molar-refractivity contribution < 1.29 is 24.2 Å². The van der Waals surface area contributed by atoms with Gasteiger partial charge in [-0.25, -0.2) is 0 Å². The first-order valence-electron chi connectivity index (χ1n) is 21.1. The summed E-state index contributed by atoms with van der Waals surface area (Å²) in [5.41, 5.74) is 8.10. The minimum absolute atomic E-state index is 0.139. The lowest BCUT2D eigenvalue weighted by molar-refractivity contribution is -0.136. The van der Waals surface area contributed by atoms with Gasteiger partial charge in [-0.3, -0.25) is 24.6 Å². The Labute approximate surface area is 336 Å². The van der Waals surface area contributed by atoms with Crippen LogP contribution < -0.4 is 15.0 Å². The molecule has 57 heavy (non-hydrogen) atoms. The van der Waals surface area contributed by atoms with Crippen LogP contribution >= 0.6 is 0 Å². The van der Waals surface area contributed by atoms with E-state index < -0.39 is 11.9 Å². The number of rotatable bonds is 10. The van der Waals surface area contributed by atoms with Gasteiger partial charge in [-0.2, -0.15) is 0 Å². The molecule has 5 aliphatic rings. The van der Waals surface area contributed by atoms with Gasteiger partial charge in [0.05, 0.1) is 0 Å². The van der Waals surface area contributed by atoms with Crippen molar-refractivity contribution in [3.63, 3.8) is 0 Å². The minimum Gasteiger partial charge on any atom is -0.508 e. The number of benzene rings is 4. The minimum atomic E-state index is -0.614. The molecule has 2 saturated heterocycles. The molecule has 1 unspecified atom stereocenters. The first-order valence-corrected chi connectivity index (χ1v) is 21.1. The van der Waals surface area contributed by atoms with Crippen molar-refractivity contribution in [1.29, 1.82) is 0 Å². The number of hydrogen-bond acceptors (Lipinski definition) is 7. The van der Waals surface area contributed by atoms with E-state index in [0.29, 0.717) is 48.2 Å². The molecule has 296 valence electrons. The number of fused-ring (bicyclic) bond motifs is 2. The van der Waals surface area contributed by atoms with E-state index in [1.165, 1.54) is 40.8 Å². The van der Waals surface area contributed by atoms with Gasteiger partial charge in [-0.05, 0) is 128 Å². The number of phenols is 1. The molecule has 2 N–H and O–H groups in total. The molecule has 4 aromatic rings. The monoisotopic (exact) mass is 766 g/mol. The van der Waals surface area contributed by atoms with E-state index in [9.17, 15) is 19.5 Å². The van der Waals surface area contributed by atoms with Crippen molar-refractivity contribution in [1.82, 2.24) is 15.1 Å². The van der Waals surface area contributed by atoms with Crippen molar-refractivity contribution >= 4 is 23.4 Å². The molecule has 3 fully saturated rings. The van der Waals surface area contributed by atoms with Crippen LogP contribution in [0.25, 0.3) is 0 Å². The van der Waals surface area contributed by atoms with Crippen LogP contribution in [-0.2, 0) is 22.6 Å². The third kappa shape index (κ3) is 7.54. The molecule has 3 aliphatic heterocycles. The second-order valence-corrected chi connectivity index (χ2v) is 17.3. The summed E-state index contributed by atoms with van der Waals surface area (Å²) in [7, 11) is 0. The lowest BCUT2D eigenvalue weighted by Gasteiger charge is -2.46. The number of carbonyl (C=O) groups excluding carboxylic acids is 3. The predicted octanol–water partition coefficient (Wildman–Crippen LogP) is 7.55. The number of carbonyl (C=O) groups is 3. The number of aryl methyl sites for hydroxylation is 1. The smallest absolute Gasteiger partial charge is 0.255 e. The number of ether oxygens (including phenoxy) is 1. The SMILES string of the molecule is CC(C)N(CC1CCN(c2ccc([C@@H]3c4ccc(O)cc4CC[C@@H]3c3ccccc3)cc2)CC1)C1CC(Oc2ccc3c(c2)CN(C2CCC(=O)NC2=O)C3=O)C1. The van der Waals surface area contributed by atoms with Crippen molar-refractivity contribution in [3.8, 4) is 11.5 Å². The van der Waals surface area contributed by atoms with Crippen LogP contribution in [0.5, 0.6) is 11.5 Å². The first kappa shape index (κ1) is 37.4. The summed E-state index contributed by atoms with van der Waals surface area (Å²) >= 11 is 0. The Balaban J connectivity index is 0.781. The molecule has 9 nitrogen and oxygen atoms in total. The van der Waals surface area contributed by atoms with E-state index in [1.54, 1.807) is 4.90 Å². The van der Waals surface area contributed by atoms with E-state index in [1.807, 2.05) is 30.3 Å². The van der Waals surface area contributed by atoms with Gasteiger partial charge in [0.1, 0.15) is 23.6 Å². The van der Waals surface area contributed by atoms with Crippen LogP contribution in [0.3, 0.4) is 0 Å². The third-order valence-electron chi connectivity index (χ3n) is 13.5. The number of phenolic OH excluding ortho intramolecular Hbond substituents is 1. The second-order valence-electron chi connectivity index (χ2n) is 17.3. The maximum Gasteiger partial charge on any atom is 0.255 e. The van der Waals surface area contributed by atoms with Gasteiger partial charge in [0.15, 0.2) is 0 Å². The molecule has 2 aliphatic carbocycles. The van der Waals surface area contributed by atoms with Gasteiger partial charge in [0, 0.05) is 74.7 Å². The topological polar surface area (TPSA) is 102 Å². The fourth-order valence-electron chi connectivity index (χ4n) is 10.3. The summed E-state index contributed by atoms with van der Waals surface area (Å²) in [5.74, 6) is 1.60. The zero-order chi connectivity index (χ0) is 39.2. The molecular formula is C48H54N4O5. The Kier molecular flexibility index (Phi) is 10.3. The Morgan fingerprint density at radius 2 is 1.60 bits per heavy atom. The van der Waals surface area contributed by atoms with Crippen molar-refractivity contribution in [2.24, 2.45) is 5.92 Å². The molecule has 0 bridgehead atoms. The molecule has 3 heterocycles. The maximum atomic E-state index is 13.1. The summed E-state index contributed by atoms with van der Waals surface area (Å²) < 4.78 is 6.44. The number of amides is 3. The number of piperidine rings is 2. The van der Waals surface area contributed by atoms with Gasteiger partial charge < -0.3 is 19.6 Å². The second kappa shape index (κ2) is 15.7. The summed E-state index contributed by atoms with van der Waals surface area (Å²) in [5, 5.41) is 12.6. The fourth-order valence-corrected chi connectivity index (χ4v) is 10.3. The number of nitrogens with zero attached hydrogens (tertiary/aromatic N) is 3. The average Bonchev–Trinajstić information content (AvgIpc) is 3.53. The van der Waals surface area contributed by atoms with Crippen LogP contribution in [0.15, 0.2) is 91.0 Å². The van der Waals surface area contributed by atoms with Gasteiger partial charge in [0.2, 0.25) is 11.8 Å². The highest BCUT2D eigenvalue weighted by molar-refractivity contribution is 6.05. The van der Waals surface area contributed by atoms with Gasteiger partial charge in [0.25, 0.3) is 5.91 Å². The molecule has 0 spiro atoms. The number of aromatic hydroxyl groups is 1. The van der Waals surface area contributed by atoms with Crippen LogP contribution in [0.1, 0.15) is 109 Å². The molecule has 0 aromatic heterocycles. The lowest BCUT2D eigenvalue weighted by atomic mass is 9.69. The predicted molar refractivity (Wildman–Crippen MR) is 221 cm³/mol. The van der Waals surface area contributed by atoms with Crippen LogP contribution in [0, 0.1) is 5.92 Å². The van der Waals surface area contributed by atoms with Gasteiger partial charge >= 0.3 is 0 Å². The van der Waals surface area contributed by atoms with E-state index in [4.69, 9.17) is 4.74 Å². The van der Waals surface area contributed by atoms with Crippen LogP contribution in [0.4, 0.5) is 5.69 Å². The van der Waals surface area contributed by atoms with E-state index in [0.717, 1.165) is 56.6 Å². The number of hydrogen-bond donors (Lipinski definition) is 2. The van der Waals surface area contributed by atoms with Crippen LogP contribution in [-0.4, -0.2) is 76.5 Å². The van der Waals surface area contributed by atoms with E-state index >= 15 is 0 Å². The maximum absolute atomic E-state index is 13.1. The fraction of sp³-hybridized carbons (Fsp3) is 0.438. The first-order chi connectivity index (χ1) is 27.7. The zero-order valence-corrected chi connectivity index (χ0v) is 33.1.